The van der Waals surface area contributed by atoms with E-state index in [1.54, 1.807) is 0 Å². The van der Waals surface area contributed by atoms with E-state index in [1.807, 2.05) is 24.3 Å². The molecule has 1 saturated heterocycles. The highest BCUT2D eigenvalue weighted by Gasteiger charge is 2.17. The lowest BCUT2D eigenvalue weighted by Gasteiger charge is -2.30. The molecule has 0 spiro atoms. The summed E-state index contributed by atoms with van der Waals surface area (Å²) in [6.07, 6.45) is 0.765. The molecule has 1 aliphatic rings. The maximum atomic E-state index is 11.9. The van der Waals surface area contributed by atoms with Crippen LogP contribution in [0.3, 0.4) is 0 Å². The van der Waals surface area contributed by atoms with Crippen LogP contribution in [0.4, 0.5) is 5.69 Å². The third-order valence-electron chi connectivity index (χ3n) is 3.45. The van der Waals surface area contributed by atoms with Gasteiger partial charge < -0.3 is 15.8 Å². The average molecular weight is 277 g/mol. The molecule has 2 rings (SSSR count). The first-order chi connectivity index (χ1) is 9.67. The monoisotopic (exact) mass is 277 g/mol. The molecule has 1 atom stereocenters. The van der Waals surface area contributed by atoms with E-state index in [0.29, 0.717) is 13.0 Å². The number of nitrogens with two attached hydrogens (primary N) is 1. The Labute approximate surface area is 120 Å². The molecule has 0 bridgehead atoms. The molecule has 20 heavy (non-hydrogen) atoms. The maximum Gasteiger partial charge on any atom is 0.225 e. The molecule has 5 nitrogen and oxygen atoms in total. The van der Waals surface area contributed by atoms with Crippen molar-refractivity contribution in [2.75, 3.05) is 31.6 Å². The average Bonchev–Trinajstić information content (AvgIpc) is 2.46. The summed E-state index contributed by atoms with van der Waals surface area (Å²) in [5.74, 6) is 0.0460. The van der Waals surface area contributed by atoms with E-state index >= 15 is 0 Å². The fourth-order valence-corrected chi connectivity index (χ4v) is 2.30. The van der Waals surface area contributed by atoms with Gasteiger partial charge in [0.25, 0.3) is 0 Å². The van der Waals surface area contributed by atoms with Gasteiger partial charge in [-0.3, -0.25) is 9.69 Å². The molecule has 0 radical (unpaired) electrons. The second-order valence-corrected chi connectivity index (χ2v) is 5.18. The molecule has 1 fully saturated rings. The smallest absolute Gasteiger partial charge is 0.225 e. The van der Waals surface area contributed by atoms with E-state index in [1.165, 1.54) is 0 Å². The van der Waals surface area contributed by atoms with Crippen molar-refractivity contribution in [1.29, 1.82) is 0 Å². The fourth-order valence-electron chi connectivity index (χ4n) is 2.30. The Morgan fingerprint density at radius 1 is 1.45 bits per heavy atom. The summed E-state index contributed by atoms with van der Waals surface area (Å²) in [4.78, 5) is 14.2. The van der Waals surface area contributed by atoms with Crippen LogP contribution in [0, 0.1) is 0 Å². The number of morpholine rings is 1. The van der Waals surface area contributed by atoms with Gasteiger partial charge >= 0.3 is 0 Å². The summed E-state index contributed by atoms with van der Waals surface area (Å²) in [7, 11) is 0. The van der Waals surface area contributed by atoms with E-state index < -0.39 is 0 Å². The highest BCUT2D eigenvalue weighted by Crippen LogP contribution is 2.10. The molecule has 0 saturated carbocycles. The van der Waals surface area contributed by atoms with Gasteiger partial charge in [0.15, 0.2) is 0 Å². The van der Waals surface area contributed by atoms with Crippen LogP contribution < -0.4 is 11.1 Å². The molecule has 1 aliphatic heterocycles. The van der Waals surface area contributed by atoms with E-state index in [0.717, 1.165) is 37.5 Å². The topological polar surface area (TPSA) is 67.6 Å². The molecule has 1 aromatic rings. The third kappa shape index (κ3) is 4.59. The van der Waals surface area contributed by atoms with E-state index in [4.69, 9.17) is 10.5 Å². The van der Waals surface area contributed by atoms with E-state index in [-0.39, 0.29) is 12.0 Å². The molecular weight excluding hydrogens is 254 g/mol. The largest absolute Gasteiger partial charge is 0.376 e. The zero-order valence-corrected chi connectivity index (χ0v) is 12.0. The number of hydrogen-bond acceptors (Lipinski definition) is 4. The van der Waals surface area contributed by atoms with Gasteiger partial charge in [-0.15, -0.1) is 0 Å². The van der Waals surface area contributed by atoms with E-state index in [9.17, 15) is 4.79 Å². The predicted molar refractivity (Wildman–Crippen MR) is 79.4 cm³/mol. The Balaban J connectivity index is 1.74. The van der Waals surface area contributed by atoms with Crippen LogP contribution in [-0.2, 0) is 16.1 Å². The molecule has 0 aromatic heterocycles. The molecule has 110 valence electrons. The van der Waals surface area contributed by atoms with E-state index in [2.05, 4.69) is 17.1 Å². The van der Waals surface area contributed by atoms with Crippen LogP contribution in [0.5, 0.6) is 0 Å². The predicted octanol–water partition coefficient (Wildman–Crippen LogP) is 1.19. The van der Waals surface area contributed by atoms with Gasteiger partial charge in [0, 0.05) is 38.3 Å². The Morgan fingerprint density at radius 2 is 2.20 bits per heavy atom. The van der Waals surface area contributed by atoms with Crippen LogP contribution in [0.15, 0.2) is 24.3 Å². The van der Waals surface area contributed by atoms with Gasteiger partial charge in [0.2, 0.25) is 5.91 Å². The number of hydrogen-bond donors (Lipinski definition) is 2. The van der Waals surface area contributed by atoms with Crippen LogP contribution in [-0.4, -0.2) is 43.2 Å². The van der Waals surface area contributed by atoms with Crippen LogP contribution in [0.2, 0.25) is 0 Å². The van der Waals surface area contributed by atoms with Gasteiger partial charge in [-0.2, -0.15) is 0 Å². The van der Waals surface area contributed by atoms with Crippen molar-refractivity contribution in [1.82, 2.24) is 4.90 Å². The second-order valence-electron chi connectivity index (χ2n) is 5.18. The number of ether oxygens (including phenoxy) is 1. The Morgan fingerprint density at radius 3 is 2.85 bits per heavy atom. The molecule has 0 aliphatic carbocycles. The number of amides is 1. The molecule has 1 heterocycles. The highest BCUT2D eigenvalue weighted by molar-refractivity contribution is 5.90. The van der Waals surface area contributed by atoms with Gasteiger partial charge in [-0.05, 0) is 24.6 Å². The number of benzene rings is 1. The first-order valence-corrected chi connectivity index (χ1v) is 7.10. The molecule has 1 amide bonds. The van der Waals surface area contributed by atoms with Gasteiger partial charge in [0.05, 0.1) is 12.7 Å². The minimum atomic E-state index is 0.0460. The molecule has 5 heteroatoms. The maximum absolute atomic E-state index is 11.9. The number of carbonyl (C=O) groups excluding carboxylic acids is 1. The number of nitrogens with zero attached hydrogens (tertiary/aromatic N) is 1. The lowest BCUT2D eigenvalue weighted by atomic mass is 10.2. The lowest BCUT2D eigenvalue weighted by molar-refractivity contribution is -0.117. The molecule has 1 aromatic carbocycles. The first kappa shape index (κ1) is 15.0. The van der Waals surface area contributed by atoms with Crippen LogP contribution in [0.25, 0.3) is 0 Å². The second kappa shape index (κ2) is 7.38. The summed E-state index contributed by atoms with van der Waals surface area (Å²) >= 11 is 0. The quantitative estimate of drug-likeness (QED) is 0.848. The molecular formula is C15H23N3O2. The Bertz CT molecular complexity index is 433. The minimum Gasteiger partial charge on any atom is -0.376 e. The van der Waals surface area contributed by atoms with Crippen molar-refractivity contribution in [3.63, 3.8) is 0 Å². The Hall–Kier alpha value is -1.43. The van der Waals surface area contributed by atoms with Gasteiger partial charge in [-0.25, -0.2) is 0 Å². The fraction of sp³-hybridized carbons (Fsp3) is 0.533. The number of rotatable bonds is 5. The lowest BCUT2D eigenvalue weighted by Crippen LogP contribution is -2.42. The van der Waals surface area contributed by atoms with Crippen molar-refractivity contribution >= 4 is 11.6 Å². The SMILES string of the molecule is CC1CN(CCC(=O)Nc2ccc(CN)cc2)CCO1. The summed E-state index contributed by atoms with van der Waals surface area (Å²) < 4.78 is 5.48. The summed E-state index contributed by atoms with van der Waals surface area (Å²) in [5.41, 5.74) is 7.42. The highest BCUT2D eigenvalue weighted by atomic mass is 16.5. The zero-order valence-electron chi connectivity index (χ0n) is 12.0. The summed E-state index contributed by atoms with van der Waals surface area (Å²) in [5, 5.41) is 2.91. The number of anilines is 1. The van der Waals surface area contributed by atoms with Crippen molar-refractivity contribution < 1.29 is 9.53 Å². The third-order valence-corrected chi connectivity index (χ3v) is 3.45. The summed E-state index contributed by atoms with van der Waals surface area (Å²) in [6.45, 7) is 5.92. The first-order valence-electron chi connectivity index (χ1n) is 7.10. The van der Waals surface area contributed by atoms with Gasteiger partial charge in [-0.1, -0.05) is 12.1 Å². The zero-order chi connectivity index (χ0) is 14.4. The standard InChI is InChI=1S/C15H23N3O2/c1-12-11-18(8-9-20-12)7-6-15(19)17-14-4-2-13(10-16)3-5-14/h2-5,12H,6-11,16H2,1H3,(H,17,19). The Kier molecular flexibility index (Phi) is 5.52. The summed E-state index contributed by atoms with van der Waals surface area (Å²) in [6, 6.07) is 7.63. The van der Waals surface area contributed by atoms with Gasteiger partial charge in [0.1, 0.15) is 0 Å². The normalized spacial score (nSPS) is 19.8. The minimum absolute atomic E-state index is 0.0460. The van der Waals surface area contributed by atoms with Crippen molar-refractivity contribution in [3.8, 4) is 0 Å². The number of nitrogens with one attached hydrogen (secondary N) is 1. The van der Waals surface area contributed by atoms with Crippen molar-refractivity contribution in [2.24, 2.45) is 5.73 Å². The van der Waals surface area contributed by atoms with Crippen molar-refractivity contribution in [2.45, 2.75) is 26.0 Å². The number of carbonyl (C=O) groups is 1. The van der Waals surface area contributed by atoms with Crippen LogP contribution >= 0.6 is 0 Å². The molecule has 1 unspecified atom stereocenters. The molecule has 3 N–H and O–H groups in total. The van der Waals surface area contributed by atoms with Crippen LogP contribution in [0.1, 0.15) is 18.9 Å². The van der Waals surface area contributed by atoms with Crippen molar-refractivity contribution in [3.05, 3.63) is 29.8 Å².